The second-order valence-corrected chi connectivity index (χ2v) is 5.11. The Balaban J connectivity index is 2.17. The molecule has 0 saturated heterocycles. The van der Waals surface area contributed by atoms with E-state index >= 15 is 0 Å². The first-order valence-electron chi connectivity index (χ1n) is 4.89. The number of aromatic hydroxyl groups is 1. The normalized spacial score (nSPS) is 11.5. The maximum absolute atomic E-state index is 11.8. The zero-order valence-electron chi connectivity index (χ0n) is 8.83. The smallest absolute Gasteiger partial charge is 0.244 e. The van der Waals surface area contributed by atoms with Gasteiger partial charge in [-0.05, 0) is 24.3 Å². The third-order valence-electron chi connectivity index (χ3n) is 2.17. The molecule has 0 aliphatic carbocycles. The molecule has 5 nitrogen and oxygen atoms in total. The van der Waals surface area contributed by atoms with Gasteiger partial charge in [0.25, 0.3) is 0 Å². The van der Waals surface area contributed by atoms with Gasteiger partial charge in [-0.3, -0.25) is 0 Å². The molecular weight excluding hydrogens is 242 g/mol. The molecule has 0 aliphatic heterocycles. The van der Waals surface area contributed by atoms with Gasteiger partial charge in [0, 0.05) is 0 Å². The topological polar surface area (TPSA) is 79.5 Å². The fraction of sp³-hybridized carbons (Fsp3) is 0.0909. The zero-order valence-corrected chi connectivity index (χ0v) is 9.65. The number of para-hydroxylation sites is 1. The average Bonchev–Trinajstić information content (AvgIpc) is 2.80. The van der Waals surface area contributed by atoms with E-state index in [1.165, 1.54) is 18.4 Å². The molecule has 17 heavy (non-hydrogen) atoms. The third-order valence-corrected chi connectivity index (χ3v) is 3.62. The van der Waals surface area contributed by atoms with Crippen LogP contribution in [-0.2, 0) is 16.6 Å². The van der Waals surface area contributed by atoms with Gasteiger partial charge in [-0.1, -0.05) is 12.1 Å². The van der Waals surface area contributed by atoms with Gasteiger partial charge in [0.2, 0.25) is 10.0 Å². The summed E-state index contributed by atoms with van der Waals surface area (Å²) in [6.07, 6.45) is 1.46. The van der Waals surface area contributed by atoms with Gasteiger partial charge >= 0.3 is 0 Å². The molecule has 0 fully saturated rings. The molecule has 2 aromatic rings. The number of hydrogen-bond acceptors (Lipinski definition) is 4. The van der Waals surface area contributed by atoms with Crippen LogP contribution in [0.4, 0.5) is 0 Å². The van der Waals surface area contributed by atoms with E-state index in [0.717, 1.165) is 0 Å². The molecule has 0 amide bonds. The van der Waals surface area contributed by atoms with Crippen molar-refractivity contribution in [3.8, 4) is 5.75 Å². The molecule has 90 valence electrons. The maximum Gasteiger partial charge on any atom is 0.244 e. The Bertz CT molecular complexity index is 590. The first-order valence-corrected chi connectivity index (χ1v) is 6.38. The Morgan fingerprint density at radius 3 is 2.59 bits per heavy atom. The van der Waals surface area contributed by atoms with E-state index in [9.17, 15) is 13.5 Å². The Morgan fingerprint density at radius 1 is 1.18 bits per heavy atom. The van der Waals surface area contributed by atoms with Crippen molar-refractivity contribution in [1.82, 2.24) is 4.72 Å². The highest BCUT2D eigenvalue weighted by atomic mass is 32.2. The molecule has 0 atom stereocenters. The zero-order chi connectivity index (χ0) is 12.3. The molecule has 2 rings (SSSR count). The van der Waals surface area contributed by atoms with Crippen LogP contribution in [0.3, 0.4) is 0 Å². The number of phenols is 1. The summed E-state index contributed by atoms with van der Waals surface area (Å²) in [4.78, 5) is -0.147. The van der Waals surface area contributed by atoms with Crippen molar-refractivity contribution in [3.63, 3.8) is 0 Å². The minimum absolute atomic E-state index is 0.0453. The van der Waals surface area contributed by atoms with Gasteiger partial charge in [0.15, 0.2) is 0 Å². The summed E-state index contributed by atoms with van der Waals surface area (Å²) >= 11 is 0. The monoisotopic (exact) mass is 253 g/mol. The van der Waals surface area contributed by atoms with Crippen LogP contribution in [-0.4, -0.2) is 13.5 Å². The van der Waals surface area contributed by atoms with Gasteiger partial charge in [0.1, 0.15) is 16.4 Å². The second kappa shape index (κ2) is 4.60. The predicted octanol–water partition coefficient (Wildman–Crippen LogP) is 1.46. The van der Waals surface area contributed by atoms with Crippen molar-refractivity contribution in [2.24, 2.45) is 0 Å². The minimum atomic E-state index is -3.73. The second-order valence-electron chi connectivity index (χ2n) is 3.37. The first kappa shape index (κ1) is 11.7. The van der Waals surface area contributed by atoms with Crippen LogP contribution in [0.15, 0.2) is 52.0 Å². The van der Waals surface area contributed by atoms with Crippen molar-refractivity contribution < 1.29 is 17.9 Å². The van der Waals surface area contributed by atoms with Crippen molar-refractivity contribution in [1.29, 1.82) is 0 Å². The van der Waals surface area contributed by atoms with Gasteiger partial charge < -0.3 is 9.52 Å². The SMILES string of the molecule is O=S(=O)(NCc1ccco1)c1ccccc1O. The van der Waals surface area contributed by atoms with Crippen LogP contribution in [0, 0.1) is 0 Å². The fourth-order valence-corrected chi connectivity index (χ4v) is 2.43. The average molecular weight is 253 g/mol. The van der Waals surface area contributed by atoms with Gasteiger partial charge in [0.05, 0.1) is 12.8 Å². The molecule has 6 heteroatoms. The summed E-state index contributed by atoms with van der Waals surface area (Å²) in [5.74, 6) is 0.225. The molecule has 0 spiro atoms. The molecule has 1 aromatic carbocycles. The number of rotatable bonds is 4. The number of furan rings is 1. The number of phenolic OH excluding ortho intramolecular Hbond substituents is 1. The van der Waals surface area contributed by atoms with E-state index in [1.54, 1.807) is 24.3 Å². The van der Waals surface area contributed by atoms with E-state index in [1.807, 2.05) is 0 Å². The number of nitrogens with one attached hydrogen (secondary N) is 1. The lowest BCUT2D eigenvalue weighted by Gasteiger charge is -2.06. The molecule has 0 radical (unpaired) electrons. The summed E-state index contributed by atoms with van der Waals surface area (Å²) in [6, 6.07) is 9.08. The lowest BCUT2D eigenvalue weighted by Crippen LogP contribution is -2.23. The molecule has 0 bridgehead atoms. The lowest BCUT2D eigenvalue weighted by atomic mass is 10.3. The molecular formula is C11H11NO4S. The quantitative estimate of drug-likeness (QED) is 0.864. The highest BCUT2D eigenvalue weighted by molar-refractivity contribution is 7.89. The standard InChI is InChI=1S/C11H11NO4S/c13-10-5-1-2-6-11(10)17(14,15)12-8-9-4-3-7-16-9/h1-7,12-13H,8H2. The van der Waals surface area contributed by atoms with Crippen LogP contribution < -0.4 is 4.72 Å². The highest BCUT2D eigenvalue weighted by Gasteiger charge is 2.17. The highest BCUT2D eigenvalue weighted by Crippen LogP contribution is 2.21. The van der Waals surface area contributed by atoms with E-state index in [0.29, 0.717) is 5.76 Å². The Labute approximate surface area is 98.8 Å². The summed E-state index contributed by atoms with van der Waals surface area (Å²) in [5, 5.41) is 9.46. The molecule has 0 aliphatic rings. The van der Waals surface area contributed by atoms with Crippen molar-refractivity contribution in [2.45, 2.75) is 11.4 Å². The first-order chi connectivity index (χ1) is 8.09. The van der Waals surface area contributed by atoms with Crippen LogP contribution in [0.1, 0.15) is 5.76 Å². The van der Waals surface area contributed by atoms with E-state index in [-0.39, 0.29) is 17.2 Å². The molecule has 0 unspecified atom stereocenters. The number of hydrogen-bond donors (Lipinski definition) is 2. The lowest BCUT2D eigenvalue weighted by molar-refractivity contribution is 0.456. The Kier molecular flexibility index (Phi) is 3.16. The number of sulfonamides is 1. The maximum atomic E-state index is 11.8. The van der Waals surface area contributed by atoms with Crippen molar-refractivity contribution in [3.05, 3.63) is 48.4 Å². The molecule has 2 N–H and O–H groups in total. The van der Waals surface area contributed by atoms with E-state index < -0.39 is 10.0 Å². The van der Waals surface area contributed by atoms with Crippen LogP contribution >= 0.6 is 0 Å². The Hall–Kier alpha value is -1.79. The molecule has 0 saturated carbocycles. The van der Waals surface area contributed by atoms with Crippen molar-refractivity contribution >= 4 is 10.0 Å². The van der Waals surface area contributed by atoms with Crippen LogP contribution in [0.25, 0.3) is 0 Å². The van der Waals surface area contributed by atoms with Gasteiger partial charge in [-0.25, -0.2) is 13.1 Å². The third kappa shape index (κ3) is 2.66. The van der Waals surface area contributed by atoms with E-state index in [4.69, 9.17) is 4.42 Å². The summed E-state index contributed by atoms with van der Waals surface area (Å²) in [6.45, 7) is 0.0453. The van der Waals surface area contributed by atoms with Crippen LogP contribution in [0.5, 0.6) is 5.75 Å². The molecule has 1 aromatic heterocycles. The Morgan fingerprint density at radius 2 is 1.94 bits per heavy atom. The fourth-order valence-electron chi connectivity index (χ4n) is 1.34. The summed E-state index contributed by atoms with van der Waals surface area (Å²) in [7, 11) is -3.73. The largest absolute Gasteiger partial charge is 0.507 e. The molecule has 1 heterocycles. The van der Waals surface area contributed by atoms with Gasteiger partial charge in [-0.15, -0.1) is 0 Å². The van der Waals surface area contributed by atoms with E-state index in [2.05, 4.69) is 4.72 Å². The summed E-state index contributed by atoms with van der Waals surface area (Å²) in [5.41, 5.74) is 0. The predicted molar refractivity (Wildman–Crippen MR) is 60.8 cm³/mol. The van der Waals surface area contributed by atoms with Gasteiger partial charge in [-0.2, -0.15) is 0 Å². The summed E-state index contributed by atoms with van der Waals surface area (Å²) < 4.78 is 31.0. The minimum Gasteiger partial charge on any atom is -0.507 e. The van der Waals surface area contributed by atoms with Crippen LogP contribution in [0.2, 0.25) is 0 Å². The van der Waals surface area contributed by atoms with Crippen molar-refractivity contribution in [2.75, 3.05) is 0 Å². The number of benzene rings is 1.